The van der Waals surface area contributed by atoms with Crippen molar-refractivity contribution in [3.63, 3.8) is 0 Å². The van der Waals surface area contributed by atoms with Gasteiger partial charge in [-0.2, -0.15) is 0 Å². The van der Waals surface area contributed by atoms with E-state index < -0.39 is 5.97 Å². The number of hydrogen-bond donors (Lipinski definition) is 1. The molecule has 0 saturated carbocycles. The van der Waals surface area contributed by atoms with Crippen molar-refractivity contribution >= 4 is 5.97 Å². The summed E-state index contributed by atoms with van der Waals surface area (Å²) >= 11 is 0. The summed E-state index contributed by atoms with van der Waals surface area (Å²) in [4.78, 5) is 10.3. The molecule has 0 aromatic rings. The summed E-state index contributed by atoms with van der Waals surface area (Å²) in [6, 6.07) is 0. The minimum atomic E-state index is -0.653. The van der Waals surface area contributed by atoms with Crippen molar-refractivity contribution in [1.82, 2.24) is 0 Å². The number of rotatable bonds is 16. The first kappa shape index (κ1) is 27.7. The molecule has 0 aliphatic carbocycles. The smallest absolute Gasteiger partial charge is 0.303 e. The maximum atomic E-state index is 10.3. The van der Waals surface area contributed by atoms with Crippen molar-refractivity contribution in [3.8, 4) is 0 Å². The third kappa shape index (κ3) is 25.8. The van der Waals surface area contributed by atoms with Crippen LogP contribution in [0.15, 0.2) is 0 Å². The summed E-state index contributed by atoms with van der Waals surface area (Å²) in [7, 11) is 0. The molecule has 0 bridgehead atoms. The number of carbonyl (C=O) groups is 1. The van der Waals surface area contributed by atoms with Crippen LogP contribution < -0.4 is 0 Å². The largest absolute Gasteiger partial charge is 0.481 e. The van der Waals surface area contributed by atoms with E-state index in [-0.39, 0.29) is 43.4 Å². The Hall–Kier alpha value is 0.899. The SMILES string of the molecule is CCCCCCCCCCCCCCCCCC(=O)O.[Ti].[Ti]. The quantitative estimate of drug-likeness (QED) is 0.251. The summed E-state index contributed by atoms with van der Waals surface area (Å²) in [5.74, 6) is -0.653. The zero-order valence-electron chi connectivity index (χ0n) is 14.7. The van der Waals surface area contributed by atoms with Crippen LogP contribution in [-0.4, -0.2) is 11.1 Å². The van der Waals surface area contributed by atoms with E-state index in [1.54, 1.807) is 0 Å². The van der Waals surface area contributed by atoms with Crippen molar-refractivity contribution in [2.75, 3.05) is 0 Å². The van der Waals surface area contributed by atoms with Crippen molar-refractivity contribution in [3.05, 3.63) is 0 Å². The van der Waals surface area contributed by atoms with Gasteiger partial charge in [0, 0.05) is 49.9 Å². The topological polar surface area (TPSA) is 37.3 Å². The van der Waals surface area contributed by atoms with Gasteiger partial charge in [0.25, 0.3) is 0 Å². The molecule has 128 valence electrons. The number of hydrogen-bond acceptors (Lipinski definition) is 1. The third-order valence-corrected chi connectivity index (χ3v) is 3.99. The molecule has 0 unspecified atom stereocenters. The maximum Gasteiger partial charge on any atom is 0.303 e. The molecule has 0 aliphatic heterocycles. The van der Waals surface area contributed by atoms with Crippen LogP contribution in [0.5, 0.6) is 0 Å². The molecule has 22 heavy (non-hydrogen) atoms. The Labute approximate surface area is 168 Å². The molecule has 1 N–H and O–H groups in total. The molecular weight excluding hydrogens is 344 g/mol. The summed E-state index contributed by atoms with van der Waals surface area (Å²) in [5, 5.41) is 8.52. The third-order valence-electron chi connectivity index (χ3n) is 3.99. The van der Waals surface area contributed by atoms with Crippen LogP contribution in [0.1, 0.15) is 110 Å². The second kappa shape index (κ2) is 24.2. The van der Waals surface area contributed by atoms with E-state index in [1.165, 1.54) is 83.5 Å². The minimum absolute atomic E-state index is 0. The van der Waals surface area contributed by atoms with Crippen LogP contribution in [0.2, 0.25) is 0 Å². The van der Waals surface area contributed by atoms with Gasteiger partial charge in [0.05, 0.1) is 0 Å². The van der Waals surface area contributed by atoms with Gasteiger partial charge in [-0.15, -0.1) is 0 Å². The molecule has 2 nitrogen and oxygen atoms in total. The summed E-state index contributed by atoms with van der Waals surface area (Å²) in [5.41, 5.74) is 0. The van der Waals surface area contributed by atoms with E-state index in [0.717, 1.165) is 12.8 Å². The van der Waals surface area contributed by atoms with Crippen LogP contribution in [0, 0.1) is 0 Å². The van der Waals surface area contributed by atoms with E-state index in [1.807, 2.05) is 0 Å². The predicted octanol–water partition coefficient (Wildman–Crippen LogP) is 6.33. The van der Waals surface area contributed by atoms with Gasteiger partial charge in [-0.05, 0) is 6.42 Å². The number of carboxylic acids is 1. The zero-order valence-corrected chi connectivity index (χ0v) is 17.8. The average Bonchev–Trinajstić information content (AvgIpc) is 2.43. The van der Waals surface area contributed by atoms with Gasteiger partial charge in [-0.25, -0.2) is 0 Å². The normalized spacial score (nSPS) is 9.86. The molecule has 0 fully saturated rings. The van der Waals surface area contributed by atoms with Gasteiger partial charge in [0.15, 0.2) is 0 Å². The first-order valence-electron chi connectivity index (χ1n) is 8.99. The summed E-state index contributed by atoms with van der Waals surface area (Å²) in [6.45, 7) is 2.27. The average molecular weight is 380 g/mol. The molecule has 0 radical (unpaired) electrons. The van der Waals surface area contributed by atoms with Gasteiger partial charge < -0.3 is 5.11 Å². The molecule has 0 aliphatic rings. The Morgan fingerprint density at radius 1 is 0.591 bits per heavy atom. The molecular formula is C18H36O2Ti2. The van der Waals surface area contributed by atoms with Crippen LogP contribution in [-0.2, 0) is 48.2 Å². The van der Waals surface area contributed by atoms with Gasteiger partial charge >= 0.3 is 5.97 Å². The van der Waals surface area contributed by atoms with Crippen molar-refractivity contribution in [2.45, 2.75) is 110 Å². The second-order valence-corrected chi connectivity index (χ2v) is 6.09. The van der Waals surface area contributed by atoms with Crippen molar-refractivity contribution in [1.29, 1.82) is 0 Å². The molecule has 0 heterocycles. The molecule has 0 atom stereocenters. The van der Waals surface area contributed by atoms with E-state index in [9.17, 15) is 4.79 Å². The first-order chi connectivity index (χ1) is 9.77. The van der Waals surface area contributed by atoms with Crippen LogP contribution in [0.4, 0.5) is 0 Å². The molecule has 0 aromatic heterocycles. The van der Waals surface area contributed by atoms with Crippen LogP contribution >= 0.6 is 0 Å². The molecule has 0 saturated heterocycles. The first-order valence-corrected chi connectivity index (χ1v) is 8.99. The fourth-order valence-corrected chi connectivity index (χ4v) is 2.65. The van der Waals surface area contributed by atoms with Crippen LogP contribution in [0.25, 0.3) is 0 Å². The Kier molecular flexibility index (Phi) is 30.4. The molecule has 0 spiro atoms. The van der Waals surface area contributed by atoms with Crippen molar-refractivity contribution < 1.29 is 53.3 Å². The van der Waals surface area contributed by atoms with E-state index in [2.05, 4.69) is 6.92 Å². The Balaban J connectivity index is -0.00000180. The van der Waals surface area contributed by atoms with E-state index in [0.29, 0.717) is 6.42 Å². The number of unbranched alkanes of at least 4 members (excludes halogenated alkanes) is 14. The Morgan fingerprint density at radius 2 is 0.864 bits per heavy atom. The molecule has 0 rings (SSSR count). The number of carboxylic acid groups (broad SMARTS) is 1. The fraction of sp³-hybridized carbons (Fsp3) is 0.944. The van der Waals surface area contributed by atoms with Gasteiger partial charge in [-0.3, -0.25) is 4.79 Å². The van der Waals surface area contributed by atoms with E-state index in [4.69, 9.17) is 5.11 Å². The number of aliphatic carboxylic acids is 1. The standard InChI is InChI=1S/C18H36O2.2Ti/c1-2-3-4-5-6-7-8-9-10-11-12-13-14-15-16-17-18(19)20;;/h2-17H2,1H3,(H,19,20);;. The monoisotopic (exact) mass is 380 g/mol. The van der Waals surface area contributed by atoms with Crippen LogP contribution in [0.3, 0.4) is 0 Å². The summed E-state index contributed by atoms with van der Waals surface area (Å²) in [6.07, 6.45) is 20.2. The predicted molar refractivity (Wildman–Crippen MR) is 87.2 cm³/mol. The van der Waals surface area contributed by atoms with Crippen molar-refractivity contribution in [2.24, 2.45) is 0 Å². The zero-order chi connectivity index (χ0) is 14.9. The van der Waals surface area contributed by atoms with Gasteiger partial charge in [0.2, 0.25) is 0 Å². The van der Waals surface area contributed by atoms with Gasteiger partial charge in [0.1, 0.15) is 0 Å². The molecule has 4 heteroatoms. The second-order valence-electron chi connectivity index (χ2n) is 6.09. The Morgan fingerprint density at radius 3 is 1.14 bits per heavy atom. The van der Waals surface area contributed by atoms with Gasteiger partial charge in [-0.1, -0.05) is 96.8 Å². The fourth-order valence-electron chi connectivity index (χ4n) is 2.65. The van der Waals surface area contributed by atoms with E-state index >= 15 is 0 Å². The molecule has 0 aromatic carbocycles. The minimum Gasteiger partial charge on any atom is -0.481 e. The Bertz CT molecular complexity index is 211. The maximum absolute atomic E-state index is 10.3. The summed E-state index contributed by atoms with van der Waals surface area (Å²) < 4.78 is 0. The molecule has 0 amide bonds.